The quantitative estimate of drug-likeness (QED) is 0.900. The third kappa shape index (κ3) is 4.01. The summed E-state index contributed by atoms with van der Waals surface area (Å²) in [6, 6.07) is 17.8. The van der Waals surface area contributed by atoms with Gasteiger partial charge in [0, 0.05) is 24.6 Å². The normalized spacial score (nSPS) is 18.1. The average molecular weight is 344 g/mol. The van der Waals surface area contributed by atoms with E-state index >= 15 is 0 Å². The van der Waals surface area contributed by atoms with Crippen LogP contribution < -0.4 is 10.0 Å². The predicted octanol–water partition coefficient (Wildman–Crippen LogP) is 1.92. The molecule has 1 saturated heterocycles. The van der Waals surface area contributed by atoms with Crippen LogP contribution in [-0.2, 0) is 21.2 Å². The van der Waals surface area contributed by atoms with E-state index in [0.717, 1.165) is 23.2 Å². The Hall–Kier alpha value is -2.18. The van der Waals surface area contributed by atoms with E-state index in [2.05, 4.69) is 0 Å². The number of anilines is 1. The Morgan fingerprint density at radius 3 is 2.42 bits per heavy atom. The van der Waals surface area contributed by atoms with Crippen molar-refractivity contribution in [2.45, 2.75) is 12.8 Å². The molecule has 0 aliphatic carbocycles. The average Bonchev–Trinajstić information content (AvgIpc) is 2.87. The smallest absolute Gasteiger partial charge is 0.227 e. The van der Waals surface area contributed by atoms with Crippen molar-refractivity contribution < 1.29 is 13.2 Å². The first-order valence-electron chi connectivity index (χ1n) is 7.85. The minimum absolute atomic E-state index is 0.0517. The fourth-order valence-corrected chi connectivity index (χ4v) is 4.07. The Kier molecular flexibility index (Phi) is 4.69. The molecule has 2 aromatic carbocycles. The van der Waals surface area contributed by atoms with Gasteiger partial charge in [-0.1, -0.05) is 48.5 Å². The van der Waals surface area contributed by atoms with Crippen LogP contribution in [0.3, 0.4) is 0 Å². The van der Waals surface area contributed by atoms with E-state index in [1.54, 1.807) is 4.90 Å². The van der Waals surface area contributed by atoms with Gasteiger partial charge in [-0.05, 0) is 23.6 Å². The van der Waals surface area contributed by atoms with E-state index in [4.69, 9.17) is 5.14 Å². The molecule has 6 heteroatoms. The Bertz CT molecular complexity index is 834. The fraction of sp³-hybridized carbons (Fsp3) is 0.278. The second-order valence-electron chi connectivity index (χ2n) is 6.20. The molecule has 0 radical (unpaired) electrons. The summed E-state index contributed by atoms with van der Waals surface area (Å²) in [7, 11) is -3.57. The van der Waals surface area contributed by atoms with Gasteiger partial charge in [-0.15, -0.1) is 0 Å². The first-order chi connectivity index (χ1) is 11.4. The highest BCUT2D eigenvalue weighted by Crippen LogP contribution is 2.29. The Morgan fingerprint density at radius 2 is 1.71 bits per heavy atom. The summed E-state index contributed by atoms with van der Waals surface area (Å²) in [5.41, 5.74) is 3.06. The van der Waals surface area contributed by atoms with Gasteiger partial charge in [0.05, 0.1) is 5.75 Å². The molecule has 0 saturated carbocycles. The van der Waals surface area contributed by atoms with Crippen molar-refractivity contribution in [1.29, 1.82) is 0 Å². The minimum Gasteiger partial charge on any atom is -0.312 e. The zero-order valence-corrected chi connectivity index (χ0v) is 14.1. The lowest BCUT2D eigenvalue weighted by Crippen LogP contribution is -2.28. The van der Waals surface area contributed by atoms with Crippen molar-refractivity contribution in [3.8, 4) is 0 Å². The van der Waals surface area contributed by atoms with Gasteiger partial charge in [0.25, 0.3) is 0 Å². The Labute approximate surface area is 142 Å². The second-order valence-corrected chi connectivity index (χ2v) is 7.85. The van der Waals surface area contributed by atoms with Crippen LogP contribution >= 0.6 is 0 Å². The number of primary sulfonamides is 1. The molecule has 0 spiro atoms. The lowest BCUT2D eigenvalue weighted by molar-refractivity contribution is -0.117. The molecular formula is C18H20N2O3S. The summed E-state index contributed by atoms with van der Waals surface area (Å²) in [6.45, 7) is 0.390. The monoisotopic (exact) mass is 344 g/mol. The van der Waals surface area contributed by atoms with Gasteiger partial charge in [0.1, 0.15) is 0 Å². The van der Waals surface area contributed by atoms with Gasteiger partial charge >= 0.3 is 0 Å². The van der Waals surface area contributed by atoms with Crippen molar-refractivity contribution >= 4 is 21.6 Å². The number of rotatable bonds is 5. The molecule has 5 nitrogen and oxygen atoms in total. The number of hydrogen-bond acceptors (Lipinski definition) is 3. The Balaban J connectivity index is 1.83. The van der Waals surface area contributed by atoms with Crippen LogP contribution in [0.15, 0.2) is 54.6 Å². The van der Waals surface area contributed by atoms with Crippen molar-refractivity contribution in [1.82, 2.24) is 0 Å². The number of carbonyl (C=O) groups excluding carboxylic acids is 1. The highest BCUT2D eigenvalue weighted by atomic mass is 32.2. The molecule has 0 aromatic heterocycles. The summed E-state index contributed by atoms with van der Waals surface area (Å²) in [4.78, 5) is 14.1. The maximum absolute atomic E-state index is 12.4. The van der Waals surface area contributed by atoms with E-state index < -0.39 is 10.0 Å². The third-order valence-corrected chi connectivity index (χ3v) is 5.13. The maximum Gasteiger partial charge on any atom is 0.227 e. The minimum atomic E-state index is -3.57. The zero-order chi connectivity index (χ0) is 17.2. The molecule has 1 amide bonds. The molecular weight excluding hydrogens is 324 g/mol. The molecule has 1 aliphatic heterocycles. The van der Waals surface area contributed by atoms with Crippen molar-refractivity contribution in [3.63, 3.8) is 0 Å². The topological polar surface area (TPSA) is 80.5 Å². The first kappa shape index (κ1) is 16.7. The van der Waals surface area contributed by atoms with E-state index in [0.29, 0.717) is 6.54 Å². The van der Waals surface area contributed by atoms with Gasteiger partial charge in [-0.2, -0.15) is 0 Å². The number of amides is 1. The summed E-state index contributed by atoms with van der Waals surface area (Å²) in [5, 5.41) is 5.12. The van der Waals surface area contributed by atoms with Crippen LogP contribution in [0.4, 0.5) is 5.69 Å². The number of sulfonamides is 1. The van der Waals surface area contributed by atoms with E-state index in [1.807, 2.05) is 54.6 Å². The molecule has 2 N–H and O–H groups in total. The van der Waals surface area contributed by atoms with Crippen LogP contribution in [0.25, 0.3) is 0 Å². The Morgan fingerprint density at radius 1 is 1.04 bits per heavy atom. The standard InChI is InChI=1S/C18H20N2O3S/c19-24(22,23)13-15-11-18(21)20(12-15)17-9-5-4-8-16(17)10-14-6-2-1-3-7-14/h1-9,15H,10-13H2,(H2,19,22,23). The molecule has 1 atom stereocenters. The van der Waals surface area contributed by atoms with Crippen LogP contribution in [0.5, 0.6) is 0 Å². The number of hydrogen-bond donors (Lipinski definition) is 1. The zero-order valence-electron chi connectivity index (χ0n) is 13.3. The molecule has 3 rings (SSSR count). The van der Waals surface area contributed by atoms with Crippen molar-refractivity contribution in [2.75, 3.05) is 17.2 Å². The predicted molar refractivity (Wildman–Crippen MR) is 94.1 cm³/mol. The van der Waals surface area contributed by atoms with Gasteiger partial charge in [-0.3, -0.25) is 4.79 Å². The lowest BCUT2D eigenvalue weighted by atomic mass is 10.0. The number of nitrogens with two attached hydrogens (primary N) is 1. The molecule has 2 aromatic rings. The highest BCUT2D eigenvalue weighted by Gasteiger charge is 2.33. The number of carbonyl (C=O) groups is 1. The van der Waals surface area contributed by atoms with Crippen LogP contribution in [0, 0.1) is 5.92 Å². The summed E-state index contributed by atoms with van der Waals surface area (Å²) >= 11 is 0. The molecule has 24 heavy (non-hydrogen) atoms. The molecule has 0 bridgehead atoms. The lowest BCUT2D eigenvalue weighted by Gasteiger charge is -2.20. The SMILES string of the molecule is NS(=O)(=O)CC1CC(=O)N(c2ccccc2Cc2ccccc2)C1. The number of benzene rings is 2. The van der Waals surface area contributed by atoms with Crippen LogP contribution in [-0.4, -0.2) is 26.6 Å². The van der Waals surface area contributed by atoms with Gasteiger partial charge < -0.3 is 4.90 Å². The van der Waals surface area contributed by atoms with Crippen LogP contribution in [0.2, 0.25) is 0 Å². The molecule has 1 heterocycles. The van der Waals surface area contributed by atoms with Crippen molar-refractivity contribution in [2.24, 2.45) is 11.1 Å². The summed E-state index contributed by atoms with van der Waals surface area (Å²) in [6.07, 6.45) is 0.941. The largest absolute Gasteiger partial charge is 0.312 e. The molecule has 1 aliphatic rings. The summed E-state index contributed by atoms with van der Waals surface area (Å²) in [5.74, 6) is -0.461. The van der Waals surface area contributed by atoms with E-state index in [1.165, 1.54) is 0 Å². The van der Waals surface area contributed by atoms with Crippen molar-refractivity contribution in [3.05, 3.63) is 65.7 Å². The van der Waals surface area contributed by atoms with Crippen LogP contribution in [0.1, 0.15) is 17.5 Å². The fourth-order valence-electron chi connectivity index (χ4n) is 3.19. The molecule has 1 unspecified atom stereocenters. The van der Waals surface area contributed by atoms with Gasteiger partial charge in [0.2, 0.25) is 15.9 Å². The highest BCUT2D eigenvalue weighted by molar-refractivity contribution is 7.89. The second kappa shape index (κ2) is 6.75. The van der Waals surface area contributed by atoms with Gasteiger partial charge in [-0.25, -0.2) is 13.6 Å². The van der Waals surface area contributed by atoms with Gasteiger partial charge in [0.15, 0.2) is 0 Å². The van der Waals surface area contributed by atoms with E-state index in [-0.39, 0.29) is 24.0 Å². The molecule has 1 fully saturated rings. The number of para-hydroxylation sites is 1. The molecule has 126 valence electrons. The third-order valence-electron chi connectivity index (χ3n) is 4.19. The summed E-state index contributed by atoms with van der Waals surface area (Å²) < 4.78 is 22.6. The number of nitrogens with zero attached hydrogens (tertiary/aromatic N) is 1. The first-order valence-corrected chi connectivity index (χ1v) is 9.56. The maximum atomic E-state index is 12.4. The van der Waals surface area contributed by atoms with E-state index in [9.17, 15) is 13.2 Å².